The number of guanidine groups is 1. The van der Waals surface area contributed by atoms with E-state index in [2.05, 4.69) is 20.3 Å². The first kappa shape index (κ1) is 23.2. The first-order valence-electron chi connectivity index (χ1n) is 7.76. The minimum atomic E-state index is -3.47. The molecule has 2 rings (SSSR count). The lowest BCUT2D eigenvalue weighted by Crippen LogP contribution is -2.36. The van der Waals surface area contributed by atoms with E-state index in [9.17, 15) is 17.2 Å². The van der Waals surface area contributed by atoms with Gasteiger partial charge in [0.2, 0.25) is 10.0 Å². The largest absolute Gasteiger partial charge is 0.352 e. The van der Waals surface area contributed by atoms with E-state index in [4.69, 9.17) is 0 Å². The highest BCUT2D eigenvalue weighted by molar-refractivity contribution is 14.0. The van der Waals surface area contributed by atoms with Gasteiger partial charge < -0.3 is 10.6 Å². The van der Waals surface area contributed by atoms with Gasteiger partial charge in [-0.05, 0) is 42.9 Å². The molecule has 0 atom stereocenters. The van der Waals surface area contributed by atoms with Gasteiger partial charge in [0.05, 0.1) is 4.90 Å². The van der Waals surface area contributed by atoms with Gasteiger partial charge in [-0.3, -0.25) is 4.99 Å². The normalized spacial score (nSPS) is 11.6. The predicted molar refractivity (Wildman–Crippen MR) is 111 cm³/mol. The Kier molecular flexibility index (Phi) is 9.06. The molecular formula is C17H21F2IN4O2S. The van der Waals surface area contributed by atoms with Crippen LogP contribution < -0.4 is 15.4 Å². The maximum Gasteiger partial charge on any atom is 0.240 e. The van der Waals surface area contributed by atoms with Gasteiger partial charge in [-0.25, -0.2) is 21.9 Å². The van der Waals surface area contributed by atoms with Crippen molar-refractivity contribution in [3.63, 3.8) is 0 Å². The quantitative estimate of drug-likeness (QED) is 0.317. The van der Waals surface area contributed by atoms with Crippen molar-refractivity contribution in [2.75, 3.05) is 14.1 Å². The molecule has 0 radical (unpaired) electrons. The van der Waals surface area contributed by atoms with Crippen LogP contribution in [-0.4, -0.2) is 28.5 Å². The van der Waals surface area contributed by atoms with Gasteiger partial charge in [0.1, 0.15) is 11.6 Å². The van der Waals surface area contributed by atoms with E-state index >= 15 is 0 Å². The highest BCUT2D eigenvalue weighted by atomic mass is 127. The van der Waals surface area contributed by atoms with Crippen molar-refractivity contribution in [3.8, 4) is 0 Å². The van der Waals surface area contributed by atoms with Crippen molar-refractivity contribution in [2.24, 2.45) is 4.99 Å². The zero-order valence-electron chi connectivity index (χ0n) is 14.8. The average Bonchev–Trinajstić information content (AvgIpc) is 2.64. The molecule has 27 heavy (non-hydrogen) atoms. The van der Waals surface area contributed by atoms with Crippen LogP contribution in [0.5, 0.6) is 0 Å². The number of hydrogen-bond donors (Lipinski definition) is 3. The van der Waals surface area contributed by atoms with Crippen LogP contribution in [0.15, 0.2) is 52.4 Å². The van der Waals surface area contributed by atoms with Crippen LogP contribution in [0.1, 0.15) is 11.1 Å². The van der Waals surface area contributed by atoms with Crippen LogP contribution in [0.4, 0.5) is 8.78 Å². The minimum Gasteiger partial charge on any atom is -0.352 e. The van der Waals surface area contributed by atoms with Crippen LogP contribution >= 0.6 is 24.0 Å². The lowest BCUT2D eigenvalue weighted by Gasteiger charge is -2.13. The summed E-state index contributed by atoms with van der Waals surface area (Å²) < 4.78 is 52.4. The molecule has 0 heterocycles. The second kappa shape index (κ2) is 10.5. The zero-order valence-corrected chi connectivity index (χ0v) is 17.9. The van der Waals surface area contributed by atoms with Crippen molar-refractivity contribution < 1.29 is 17.2 Å². The third kappa shape index (κ3) is 6.70. The molecule has 3 N–H and O–H groups in total. The SMILES string of the molecule is CN=C(NCc1ccc(S(=O)(=O)NC)cc1)NCc1cc(F)ccc1F.I. The van der Waals surface area contributed by atoms with Gasteiger partial charge in [0.15, 0.2) is 5.96 Å². The Morgan fingerprint density at radius 1 is 1.04 bits per heavy atom. The molecule has 0 amide bonds. The highest BCUT2D eigenvalue weighted by Gasteiger charge is 2.10. The molecule has 2 aromatic rings. The average molecular weight is 510 g/mol. The van der Waals surface area contributed by atoms with Crippen molar-refractivity contribution in [1.82, 2.24) is 15.4 Å². The fraction of sp³-hybridized carbons (Fsp3) is 0.235. The van der Waals surface area contributed by atoms with Gasteiger partial charge in [-0.2, -0.15) is 0 Å². The Labute approximate surface area is 174 Å². The zero-order chi connectivity index (χ0) is 19.2. The van der Waals surface area contributed by atoms with E-state index < -0.39 is 21.7 Å². The Balaban J connectivity index is 0.00000364. The van der Waals surface area contributed by atoms with E-state index in [0.717, 1.165) is 23.8 Å². The number of benzene rings is 2. The van der Waals surface area contributed by atoms with Crippen molar-refractivity contribution in [3.05, 3.63) is 65.2 Å². The molecule has 0 spiro atoms. The first-order valence-corrected chi connectivity index (χ1v) is 9.25. The van der Waals surface area contributed by atoms with Crippen LogP contribution in [0.25, 0.3) is 0 Å². The second-order valence-corrected chi connectivity index (χ2v) is 7.25. The standard InChI is InChI=1S/C17H20F2N4O2S.HI/c1-20-17(23-11-13-9-14(18)5-8-16(13)19)22-10-12-3-6-15(7-4-12)26(24,25)21-2;/h3-9,21H,10-11H2,1-2H3,(H2,20,22,23);1H. The lowest BCUT2D eigenvalue weighted by molar-refractivity contribution is 0.581. The summed E-state index contributed by atoms with van der Waals surface area (Å²) in [5.74, 6) is -0.612. The van der Waals surface area contributed by atoms with Gasteiger partial charge in [0, 0.05) is 25.7 Å². The van der Waals surface area contributed by atoms with Crippen molar-refractivity contribution in [2.45, 2.75) is 18.0 Å². The summed E-state index contributed by atoms with van der Waals surface area (Å²) in [7, 11) is -0.566. The molecule has 0 saturated heterocycles. The number of rotatable bonds is 6. The minimum absolute atomic E-state index is 0. The number of nitrogens with zero attached hydrogens (tertiary/aromatic N) is 1. The van der Waals surface area contributed by atoms with Crippen molar-refractivity contribution >= 4 is 40.0 Å². The predicted octanol–water partition coefficient (Wildman–Crippen LogP) is 2.36. The van der Waals surface area contributed by atoms with Crippen LogP contribution in [-0.2, 0) is 23.1 Å². The number of sulfonamides is 1. The van der Waals surface area contributed by atoms with Gasteiger partial charge >= 0.3 is 0 Å². The monoisotopic (exact) mass is 510 g/mol. The molecule has 0 aliphatic carbocycles. The van der Waals surface area contributed by atoms with Crippen LogP contribution in [0.2, 0.25) is 0 Å². The smallest absolute Gasteiger partial charge is 0.240 e. The Morgan fingerprint density at radius 2 is 1.67 bits per heavy atom. The molecule has 0 aromatic heterocycles. The number of halogens is 3. The molecular weight excluding hydrogens is 489 g/mol. The molecule has 0 aliphatic heterocycles. The van der Waals surface area contributed by atoms with Crippen molar-refractivity contribution in [1.29, 1.82) is 0 Å². The lowest BCUT2D eigenvalue weighted by atomic mass is 10.2. The van der Waals surface area contributed by atoms with Gasteiger partial charge in [-0.15, -0.1) is 24.0 Å². The van der Waals surface area contributed by atoms with E-state index in [1.54, 1.807) is 19.2 Å². The van der Waals surface area contributed by atoms with E-state index in [1.165, 1.54) is 19.2 Å². The summed E-state index contributed by atoms with van der Waals surface area (Å²) in [6.07, 6.45) is 0. The summed E-state index contributed by atoms with van der Waals surface area (Å²) in [6, 6.07) is 9.61. The third-order valence-corrected chi connectivity index (χ3v) is 5.07. The van der Waals surface area contributed by atoms with Gasteiger partial charge in [0.25, 0.3) is 0 Å². The second-order valence-electron chi connectivity index (χ2n) is 5.37. The summed E-state index contributed by atoms with van der Waals surface area (Å²) in [6.45, 7) is 0.452. The maximum absolute atomic E-state index is 13.6. The van der Waals surface area contributed by atoms with E-state index in [0.29, 0.717) is 12.5 Å². The molecule has 0 unspecified atom stereocenters. The fourth-order valence-corrected chi connectivity index (χ4v) is 2.90. The molecule has 6 nitrogen and oxygen atoms in total. The maximum atomic E-state index is 13.6. The fourth-order valence-electron chi connectivity index (χ4n) is 2.17. The third-order valence-electron chi connectivity index (χ3n) is 3.64. The van der Waals surface area contributed by atoms with Crippen LogP contribution in [0.3, 0.4) is 0 Å². The summed E-state index contributed by atoms with van der Waals surface area (Å²) in [4.78, 5) is 4.19. The summed E-state index contributed by atoms with van der Waals surface area (Å²) in [5.41, 5.74) is 1.02. The highest BCUT2D eigenvalue weighted by Crippen LogP contribution is 2.10. The molecule has 0 bridgehead atoms. The Bertz CT molecular complexity index is 890. The Hall–Kier alpha value is -1.79. The molecule has 10 heteroatoms. The van der Waals surface area contributed by atoms with E-state index in [-0.39, 0.29) is 41.0 Å². The molecule has 0 saturated carbocycles. The van der Waals surface area contributed by atoms with E-state index in [1.807, 2.05) is 0 Å². The molecule has 0 aliphatic rings. The molecule has 2 aromatic carbocycles. The number of aliphatic imine (C=N–C) groups is 1. The molecule has 0 fully saturated rings. The van der Waals surface area contributed by atoms with Gasteiger partial charge in [-0.1, -0.05) is 12.1 Å². The summed E-state index contributed by atoms with van der Waals surface area (Å²) in [5, 5.41) is 5.91. The van der Waals surface area contributed by atoms with Crippen LogP contribution in [0, 0.1) is 11.6 Å². The topological polar surface area (TPSA) is 82.6 Å². The number of hydrogen-bond acceptors (Lipinski definition) is 3. The molecule has 148 valence electrons. The number of nitrogens with one attached hydrogen (secondary N) is 3. The Morgan fingerprint density at radius 3 is 2.26 bits per heavy atom. The summed E-state index contributed by atoms with van der Waals surface area (Å²) >= 11 is 0. The first-order chi connectivity index (χ1) is 12.4.